The molecule has 2 aromatic rings. The van der Waals surface area contributed by atoms with Gasteiger partial charge in [-0.25, -0.2) is 0 Å². The van der Waals surface area contributed by atoms with Crippen LogP contribution in [0.1, 0.15) is 50.3 Å². The maximum absolute atomic E-state index is 5.73. The molecule has 0 spiro atoms. The summed E-state index contributed by atoms with van der Waals surface area (Å²) in [6.07, 6.45) is 0. The molecule has 0 atom stereocenters. The SMILES string of the molecule is CC(C)(Br)c1ccccc1.CC(C)c1ccc(CCl)c(Br)c1. The second-order valence-corrected chi connectivity index (χ2v) is 9.08. The highest BCUT2D eigenvalue weighted by Crippen LogP contribution is 2.29. The molecule has 0 saturated heterocycles. The summed E-state index contributed by atoms with van der Waals surface area (Å²) in [6.45, 7) is 8.65. The molecule has 0 radical (unpaired) electrons. The van der Waals surface area contributed by atoms with Crippen molar-refractivity contribution in [2.75, 3.05) is 0 Å². The zero-order valence-corrected chi connectivity index (χ0v) is 17.5. The molecule has 0 fully saturated rings. The van der Waals surface area contributed by atoms with E-state index in [1.165, 1.54) is 11.1 Å². The fraction of sp³-hybridized carbons (Fsp3) is 0.368. The third-order valence-corrected chi connectivity index (χ3v) is 4.83. The summed E-state index contributed by atoms with van der Waals surface area (Å²) in [5.74, 6) is 1.14. The normalized spacial score (nSPS) is 11.1. The van der Waals surface area contributed by atoms with Crippen molar-refractivity contribution in [1.82, 2.24) is 0 Å². The third-order valence-electron chi connectivity index (χ3n) is 3.35. The smallest absolute Gasteiger partial charge is 0.0485 e. The molecular weight excluding hydrogens is 423 g/mol. The zero-order valence-electron chi connectivity index (χ0n) is 13.5. The number of rotatable bonds is 3. The van der Waals surface area contributed by atoms with E-state index in [2.05, 4.69) is 102 Å². The summed E-state index contributed by atoms with van der Waals surface area (Å²) in [6, 6.07) is 16.7. The minimum atomic E-state index is 0.105. The summed E-state index contributed by atoms with van der Waals surface area (Å²) in [5.41, 5.74) is 3.81. The van der Waals surface area contributed by atoms with Gasteiger partial charge < -0.3 is 0 Å². The van der Waals surface area contributed by atoms with E-state index in [0.717, 1.165) is 10.0 Å². The number of hydrogen-bond donors (Lipinski definition) is 0. The number of benzene rings is 2. The lowest BCUT2D eigenvalue weighted by atomic mass is 10.0. The average Bonchev–Trinajstić information content (AvgIpc) is 2.48. The highest BCUT2D eigenvalue weighted by molar-refractivity contribution is 9.10. The monoisotopic (exact) mass is 444 g/mol. The second-order valence-electron chi connectivity index (χ2n) is 5.98. The predicted octanol–water partition coefficient (Wildman–Crippen LogP) is 7.63. The lowest BCUT2D eigenvalue weighted by molar-refractivity contribution is 0.803. The van der Waals surface area contributed by atoms with E-state index in [4.69, 9.17) is 11.6 Å². The molecule has 0 saturated carbocycles. The van der Waals surface area contributed by atoms with E-state index in [1.807, 2.05) is 6.07 Å². The first-order valence-electron chi connectivity index (χ1n) is 7.34. The summed E-state index contributed by atoms with van der Waals surface area (Å²) < 4.78 is 1.22. The topological polar surface area (TPSA) is 0 Å². The Labute approximate surface area is 156 Å². The van der Waals surface area contributed by atoms with Crippen LogP contribution in [0.3, 0.4) is 0 Å². The van der Waals surface area contributed by atoms with Gasteiger partial charge in [-0.1, -0.05) is 88.2 Å². The molecule has 2 aromatic carbocycles. The highest BCUT2D eigenvalue weighted by Gasteiger charge is 2.13. The van der Waals surface area contributed by atoms with Gasteiger partial charge in [0, 0.05) is 14.7 Å². The van der Waals surface area contributed by atoms with E-state index >= 15 is 0 Å². The van der Waals surface area contributed by atoms with Gasteiger partial charge in [0.25, 0.3) is 0 Å². The van der Waals surface area contributed by atoms with Crippen molar-refractivity contribution >= 4 is 43.5 Å². The molecule has 2 rings (SSSR count). The Bertz CT molecular complexity index is 572. The Balaban J connectivity index is 0.000000224. The van der Waals surface area contributed by atoms with Crippen LogP contribution < -0.4 is 0 Å². The first kappa shape index (κ1) is 19.7. The predicted molar refractivity (Wildman–Crippen MR) is 106 cm³/mol. The van der Waals surface area contributed by atoms with Crippen LogP contribution in [0.25, 0.3) is 0 Å². The molecular formula is C19H23Br2Cl. The Hall–Kier alpha value is -0.310. The van der Waals surface area contributed by atoms with Gasteiger partial charge in [0.05, 0.1) is 0 Å². The Morgan fingerprint density at radius 1 is 1.05 bits per heavy atom. The minimum Gasteiger partial charge on any atom is -0.122 e. The molecule has 0 amide bonds. The van der Waals surface area contributed by atoms with Gasteiger partial charge >= 0.3 is 0 Å². The summed E-state index contributed by atoms with van der Waals surface area (Å²) in [4.78, 5) is 0. The fourth-order valence-corrected chi connectivity index (χ4v) is 3.06. The van der Waals surface area contributed by atoms with Crippen molar-refractivity contribution in [2.45, 2.75) is 43.8 Å². The van der Waals surface area contributed by atoms with Crippen LogP contribution in [-0.2, 0) is 10.2 Å². The van der Waals surface area contributed by atoms with Crippen molar-refractivity contribution in [1.29, 1.82) is 0 Å². The van der Waals surface area contributed by atoms with Gasteiger partial charge in [0.1, 0.15) is 0 Å². The first-order chi connectivity index (χ1) is 10.3. The Morgan fingerprint density at radius 3 is 2.00 bits per heavy atom. The lowest BCUT2D eigenvalue weighted by Gasteiger charge is -2.15. The number of alkyl halides is 2. The van der Waals surface area contributed by atoms with Gasteiger partial charge in [0.2, 0.25) is 0 Å². The molecule has 0 aliphatic heterocycles. The Kier molecular flexibility index (Phi) is 8.16. The first-order valence-corrected chi connectivity index (χ1v) is 9.46. The van der Waals surface area contributed by atoms with Gasteiger partial charge in [-0.2, -0.15) is 0 Å². The van der Waals surface area contributed by atoms with Crippen molar-refractivity contribution in [3.8, 4) is 0 Å². The minimum absolute atomic E-state index is 0.105. The van der Waals surface area contributed by atoms with Crippen molar-refractivity contribution in [3.63, 3.8) is 0 Å². The third kappa shape index (κ3) is 6.44. The maximum Gasteiger partial charge on any atom is 0.0485 e. The van der Waals surface area contributed by atoms with Crippen LogP contribution in [0, 0.1) is 0 Å². The maximum atomic E-state index is 5.73. The van der Waals surface area contributed by atoms with Crippen molar-refractivity contribution in [2.24, 2.45) is 0 Å². The van der Waals surface area contributed by atoms with Crippen LogP contribution in [0.2, 0.25) is 0 Å². The van der Waals surface area contributed by atoms with Gasteiger partial charge in [-0.05, 0) is 42.5 Å². The van der Waals surface area contributed by atoms with Crippen molar-refractivity contribution < 1.29 is 0 Å². The average molecular weight is 447 g/mol. The molecule has 22 heavy (non-hydrogen) atoms. The second kappa shape index (κ2) is 9.10. The van der Waals surface area contributed by atoms with Gasteiger partial charge in [-0.15, -0.1) is 11.6 Å². The van der Waals surface area contributed by atoms with E-state index in [-0.39, 0.29) is 4.32 Å². The molecule has 0 aliphatic rings. The number of hydrogen-bond acceptors (Lipinski definition) is 0. The van der Waals surface area contributed by atoms with E-state index in [1.54, 1.807) is 0 Å². The van der Waals surface area contributed by atoms with Crippen LogP contribution in [0.4, 0.5) is 0 Å². The van der Waals surface area contributed by atoms with E-state index in [9.17, 15) is 0 Å². The molecule has 0 bridgehead atoms. The quantitative estimate of drug-likeness (QED) is 0.425. The molecule has 0 aromatic heterocycles. The number of halogens is 3. The van der Waals surface area contributed by atoms with Gasteiger partial charge in [0.15, 0.2) is 0 Å². The highest BCUT2D eigenvalue weighted by atomic mass is 79.9. The molecule has 0 unspecified atom stereocenters. The molecule has 0 nitrogen and oxygen atoms in total. The summed E-state index contributed by atoms with van der Waals surface area (Å²) >= 11 is 12.8. The lowest BCUT2D eigenvalue weighted by Crippen LogP contribution is -2.05. The van der Waals surface area contributed by atoms with E-state index < -0.39 is 0 Å². The van der Waals surface area contributed by atoms with Crippen LogP contribution in [0.5, 0.6) is 0 Å². The molecule has 0 N–H and O–H groups in total. The van der Waals surface area contributed by atoms with Crippen LogP contribution >= 0.6 is 43.5 Å². The van der Waals surface area contributed by atoms with Crippen molar-refractivity contribution in [3.05, 3.63) is 69.7 Å². The largest absolute Gasteiger partial charge is 0.122 e. The summed E-state index contributed by atoms with van der Waals surface area (Å²) in [7, 11) is 0. The van der Waals surface area contributed by atoms with E-state index in [0.29, 0.717) is 11.8 Å². The zero-order chi connectivity index (χ0) is 16.8. The standard InChI is InChI=1S/C10H12BrCl.C9H11Br/c1-7(2)8-3-4-9(6-12)10(11)5-8;1-9(2,10)8-6-4-3-5-7-8/h3-5,7H,6H2,1-2H3;3-7H,1-2H3. The molecule has 0 aliphatic carbocycles. The van der Waals surface area contributed by atoms with Gasteiger partial charge in [-0.3, -0.25) is 0 Å². The molecule has 120 valence electrons. The summed E-state index contributed by atoms with van der Waals surface area (Å²) in [5, 5.41) is 0. The Morgan fingerprint density at radius 2 is 1.64 bits per heavy atom. The molecule has 3 heteroatoms. The van der Waals surface area contributed by atoms with Crippen LogP contribution in [-0.4, -0.2) is 0 Å². The van der Waals surface area contributed by atoms with Crippen LogP contribution in [0.15, 0.2) is 53.0 Å². The molecule has 0 heterocycles. The fourth-order valence-electron chi connectivity index (χ4n) is 1.87.